The largest absolute Gasteiger partial charge is 0.481 e. The Morgan fingerprint density at radius 2 is 1.71 bits per heavy atom. The smallest absolute Gasteiger partial charge is 0.265 e. The molecular formula is C24H32N2O2. The molecule has 1 fully saturated rings. The van der Waals surface area contributed by atoms with Crippen LogP contribution in [0.15, 0.2) is 48.5 Å². The number of hydrogen-bond acceptors (Lipinski definition) is 3. The number of amides is 1. The topological polar surface area (TPSA) is 41.6 Å². The van der Waals surface area contributed by atoms with Gasteiger partial charge in [-0.25, -0.2) is 0 Å². The SMILES string of the molecule is CC(Oc1ccc(C(C)(C)C)cc1)C(=O)Nc1ccccc1CN1CCCC1. The van der Waals surface area contributed by atoms with E-state index in [0.29, 0.717) is 5.75 Å². The molecule has 3 rings (SSSR count). The van der Waals surface area contributed by atoms with Crippen molar-refractivity contribution in [3.8, 4) is 5.75 Å². The van der Waals surface area contributed by atoms with E-state index < -0.39 is 6.10 Å². The maximum absolute atomic E-state index is 12.7. The Balaban J connectivity index is 1.61. The van der Waals surface area contributed by atoms with Crippen LogP contribution < -0.4 is 10.1 Å². The Morgan fingerprint density at radius 1 is 1.07 bits per heavy atom. The summed E-state index contributed by atoms with van der Waals surface area (Å²) in [6.07, 6.45) is 1.95. The number of nitrogens with zero attached hydrogens (tertiary/aromatic N) is 1. The third kappa shape index (κ3) is 5.35. The summed E-state index contributed by atoms with van der Waals surface area (Å²) in [6, 6.07) is 16.0. The summed E-state index contributed by atoms with van der Waals surface area (Å²) in [4.78, 5) is 15.1. The highest BCUT2D eigenvalue weighted by Gasteiger charge is 2.19. The van der Waals surface area contributed by atoms with Crippen LogP contribution in [0.3, 0.4) is 0 Å². The number of benzene rings is 2. The van der Waals surface area contributed by atoms with Gasteiger partial charge in [0.2, 0.25) is 0 Å². The van der Waals surface area contributed by atoms with Gasteiger partial charge in [0, 0.05) is 12.2 Å². The van der Waals surface area contributed by atoms with Crippen molar-refractivity contribution in [3.63, 3.8) is 0 Å². The fourth-order valence-electron chi connectivity index (χ4n) is 3.49. The third-order valence-corrected chi connectivity index (χ3v) is 5.27. The molecule has 0 spiro atoms. The van der Waals surface area contributed by atoms with Crippen LogP contribution in [0.25, 0.3) is 0 Å². The Kier molecular flexibility index (Phi) is 6.40. The van der Waals surface area contributed by atoms with Crippen LogP contribution in [0.1, 0.15) is 51.7 Å². The molecule has 150 valence electrons. The average Bonchev–Trinajstić information content (AvgIpc) is 3.16. The van der Waals surface area contributed by atoms with Gasteiger partial charge in [0.25, 0.3) is 5.91 Å². The van der Waals surface area contributed by atoms with E-state index in [1.54, 1.807) is 6.92 Å². The fraction of sp³-hybridized carbons (Fsp3) is 0.458. The molecule has 2 aromatic carbocycles. The van der Waals surface area contributed by atoms with Gasteiger partial charge in [-0.05, 0) is 67.6 Å². The first kappa shape index (κ1) is 20.4. The molecule has 4 heteroatoms. The lowest BCUT2D eigenvalue weighted by Crippen LogP contribution is -2.31. The molecule has 0 saturated carbocycles. The quantitative estimate of drug-likeness (QED) is 0.768. The zero-order valence-corrected chi connectivity index (χ0v) is 17.5. The molecule has 0 aromatic heterocycles. The van der Waals surface area contributed by atoms with E-state index in [9.17, 15) is 4.79 Å². The summed E-state index contributed by atoms with van der Waals surface area (Å²) < 4.78 is 5.87. The first-order valence-corrected chi connectivity index (χ1v) is 10.2. The van der Waals surface area contributed by atoms with Crippen LogP contribution in [0, 0.1) is 0 Å². The summed E-state index contributed by atoms with van der Waals surface area (Å²) in [7, 11) is 0. The number of carbonyl (C=O) groups excluding carboxylic acids is 1. The van der Waals surface area contributed by atoms with Gasteiger partial charge >= 0.3 is 0 Å². The first-order valence-electron chi connectivity index (χ1n) is 10.2. The second-order valence-corrected chi connectivity index (χ2v) is 8.66. The Morgan fingerprint density at radius 3 is 2.36 bits per heavy atom. The van der Waals surface area contributed by atoms with E-state index in [-0.39, 0.29) is 11.3 Å². The van der Waals surface area contributed by atoms with Gasteiger partial charge in [-0.15, -0.1) is 0 Å². The van der Waals surface area contributed by atoms with Crippen LogP contribution >= 0.6 is 0 Å². The van der Waals surface area contributed by atoms with Gasteiger partial charge in [-0.3, -0.25) is 9.69 Å². The van der Waals surface area contributed by atoms with Crippen LogP contribution in [0.4, 0.5) is 5.69 Å². The molecular weight excluding hydrogens is 348 g/mol. The van der Waals surface area contributed by atoms with E-state index in [1.807, 2.05) is 30.3 Å². The van der Waals surface area contributed by atoms with Crippen molar-refractivity contribution >= 4 is 11.6 Å². The third-order valence-electron chi connectivity index (χ3n) is 5.27. The highest BCUT2D eigenvalue weighted by Crippen LogP contribution is 2.25. The summed E-state index contributed by atoms with van der Waals surface area (Å²) in [5.74, 6) is 0.578. The minimum absolute atomic E-state index is 0.0978. The minimum Gasteiger partial charge on any atom is -0.481 e. The predicted octanol–water partition coefficient (Wildman–Crippen LogP) is 4.99. The van der Waals surface area contributed by atoms with E-state index in [2.05, 4.69) is 49.2 Å². The monoisotopic (exact) mass is 380 g/mol. The molecule has 1 N–H and O–H groups in total. The van der Waals surface area contributed by atoms with Crippen molar-refractivity contribution in [1.29, 1.82) is 0 Å². The number of likely N-dealkylation sites (tertiary alicyclic amines) is 1. The maximum Gasteiger partial charge on any atom is 0.265 e. The van der Waals surface area contributed by atoms with Crippen LogP contribution in [0.2, 0.25) is 0 Å². The number of para-hydroxylation sites is 1. The van der Waals surface area contributed by atoms with E-state index in [0.717, 1.165) is 30.9 Å². The van der Waals surface area contributed by atoms with E-state index in [4.69, 9.17) is 4.74 Å². The van der Waals surface area contributed by atoms with Crippen molar-refractivity contribution in [3.05, 3.63) is 59.7 Å². The predicted molar refractivity (Wildman–Crippen MR) is 115 cm³/mol. The summed E-state index contributed by atoms with van der Waals surface area (Å²) in [5, 5.41) is 3.05. The Labute approximate surface area is 168 Å². The minimum atomic E-state index is -0.569. The second-order valence-electron chi connectivity index (χ2n) is 8.66. The Hall–Kier alpha value is -2.33. The number of nitrogens with one attached hydrogen (secondary N) is 1. The van der Waals surface area contributed by atoms with Gasteiger partial charge < -0.3 is 10.1 Å². The second kappa shape index (κ2) is 8.78. The number of ether oxygens (including phenoxy) is 1. The van der Waals surface area contributed by atoms with Gasteiger partial charge in [0.05, 0.1) is 0 Å². The molecule has 1 aliphatic heterocycles. The van der Waals surface area contributed by atoms with Gasteiger partial charge in [0.15, 0.2) is 6.10 Å². The number of rotatable bonds is 6. The molecule has 1 aliphatic rings. The summed E-state index contributed by atoms with van der Waals surface area (Å²) >= 11 is 0. The highest BCUT2D eigenvalue weighted by atomic mass is 16.5. The van der Waals surface area contributed by atoms with Crippen molar-refractivity contribution in [1.82, 2.24) is 4.90 Å². The van der Waals surface area contributed by atoms with Crippen molar-refractivity contribution < 1.29 is 9.53 Å². The maximum atomic E-state index is 12.7. The number of hydrogen-bond donors (Lipinski definition) is 1. The molecule has 1 atom stereocenters. The van der Waals surface area contributed by atoms with Crippen LogP contribution in [0.5, 0.6) is 5.75 Å². The number of anilines is 1. The molecule has 0 aliphatic carbocycles. The van der Waals surface area contributed by atoms with Crippen LogP contribution in [-0.2, 0) is 16.8 Å². The van der Waals surface area contributed by atoms with Gasteiger partial charge in [-0.2, -0.15) is 0 Å². The molecule has 0 bridgehead atoms. The molecule has 28 heavy (non-hydrogen) atoms. The van der Waals surface area contributed by atoms with Crippen molar-refractivity contribution in [2.45, 2.75) is 58.6 Å². The zero-order chi connectivity index (χ0) is 20.1. The number of carbonyl (C=O) groups is 1. The lowest BCUT2D eigenvalue weighted by Gasteiger charge is -2.21. The fourth-order valence-corrected chi connectivity index (χ4v) is 3.49. The normalized spacial score (nSPS) is 16.0. The van der Waals surface area contributed by atoms with Gasteiger partial charge in [0.1, 0.15) is 5.75 Å². The lowest BCUT2D eigenvalue weighted by molar-refractivity contribution is -0.122. The molecule has 1 saturated heterocycles. The molecule has 1 heterocycles. The van der Waals surface area contributed by atoms with Gasteiger partial charge in [-0.1, -0.05) is 51.1 Å². The van der Waals surface area contributed by atoms with Crippen molar-refractivity contribution in [2.24, 2.45) is 0 Å². The first-order chi connectivity index (χ1) is 13.3. The van der Waals surface area contributed by atoms with E-state index in [1.165, 1.54) is 18.4 Å². The van der Waals surface area contributed by atoms with E-state index >= 15 is 0 Å². The zero-order valence-electron chi connectivity index (χ0n) is 17.5. The molecule has 0 radical (unpaired) electrons. The standard InChI is InChI=1S/C24H32N2O2/c1-18(28-21-13-11-20(12-14-21)24(2,3)4)23(27)25-22-10-6-5-9-19(22)17-26-15-7-8-16-26/h5-6,9-14,18H,7-8,15-17H2,1-4H3,(H,25,27). The van der Waals surface area contributed by atoms with Crippen LogP contribution in [-0.4, -0.2) is 30.0 Å². The molecule has 2 aromatic rings. The molecule has 1 amide bonds. The highest BCUT2D eigenvalue weighted by molar-refractivity contribution is 5.94. The summed E-state index contributed by atoms with van der Waals surface area (Å²) in [5.41, 5.74) is 3.37. The molecule has 1 unspecified atom stereocenters. The Bertz CT molecular complexity index is 787. The average molecular weight is 381 g/mol. The molecule has 4 nitrogen and oxygen atoms in total. The van der Waals surface area contributed by atoms with Crippen molar-refractivity contribution in [2.75, 3.05) is 18.4 Å². The lowest BCUT2D eigenvalue weighted by atomic mass is 9.87. The summed E-state index contributed by atoms with van der Waals surface area (Å²) in [6.45, 7) is 11.5.